The number of hydrogen-bond acceptors (Lipinski definition) is 4. The Kier molecular flexibility index (Phi) is 4.14. The predicted molar refractivity (Wildman–Crippen MR) is 78.7 cm³/mol. The molecule has 0 bridgehead atoms. The van der Waals surface area contributed by atoms with Crippen molar-refractivity contribution in [3.8, 4) is 0 Å². The van der Waals surface area contributed by atoms with Crippen molar-refractivity contribution in [2.45, 2.75) is 24.6 Å². The van der Waals surface area contributed by atoms with Gasteiger partial charge in [0.1, 0.15) is 4.21 Å². The van der Waals surface area contributed by atoms with Crippen molar-refractivity contribution >= 4 is 37.3 Å². The molecule has 0 aromatic carbocycles. The van der Waals surface area contributed by atoms with Gasteiger partial charge in [0.2, 0.25) is 10.0 Å². The highest BCUT2D eigenvalue weighted by Gasteiger charge is 2.18. The summed E-state index contributed by atoms with van der Waals surface area (Å²) in [6.07, 6.45) is 0. The third-order valence-corrected chi connectivity index (χ3v) is 6.43. The van der Waals surface area contributed by atoms with Crippen LogP contribution in [0.3, 0.4) is 0 Å². The fraction of sp³-hybridized carbons (Fsp3) is 0.364. The summed E-state index contributed by atoms with van der Waals surface area (Å²) in [5, 5.41) is 4.27. The Morgan fingerprint density at radius 1 is 1.42 bits per heavy atom. The Morgan fingerprint density at radius 3 is 2.58 bits per heavy atom. The average molecular weight is 364 g/mol. The van der Waals surface area contributed by atoms with Crippen LogP contribution in [0, 0.1) is 13.8 Å². The average Bonchev–Trinajstić information content (AvgIpc) is 2.84. The highest BCUT2D eigenvalue weighted by Crippen LogP contribution is 2.26. The lowest BCUT2D eigenvalue weighted by atomic mass is 10.2. The van der Waals surface area contributed by atoms with Crippen molar-refractivity contribution in [3.63, 3.8) is 0 Å². The lowest BCUT2D eigenvalue weighted by molar-refractivity contribution is 0.583. The molecule has 0 saturated carbocycles. The molecule has 8 heteroatoms. The standard InChI is InChI=1S/C11H14BrN3O2S2/c1-7-9(8(2)15(3)14-7)6-13-19(16,17)11-5-4-10(12)18-11/h4-5,13H,6H2,1-3H3. The fourth-order valence-electron chi connectivity index (χ4n) is 1.75. The zero-order chi connectivity index (χ0) is 14.2. The molecule has 0 amide bonds. The van der Waals surface area contributed by atoms with Gasteiger partial charge < -0.3 is 0 Å². The summed E-state index contributed by atoms with van der Waals surface area (Å²) in [6, 6.07) is 3.31. The Bertz CT molecular complexity index is 704. The molecule has 0 atom stereocenters. The third kappa shape index (κ3) is 3.07. The second-order valence-corrected chi connectivity index (χ2v) is 8.61. The fourth-order valence-corrected chi connectivity index (χ4v) is 4.80. The molecule has 0 unspecified atom stereocenters. The summed E-state index contributed by atoms with van der Waals surface area (Å²) in [7, 11) is -1.62. The summed E-state index contributed by atoms with van der Waals surface area (Å²) in [5.41, 5.74) is 2.73. The Balaban J connectivity index is 2.18. The molecule has 2 rings (SSSR count). The smallest absolute Gasteiger partial charge is 0.250 e. The summed E-state index contributed by atoms with van der Waals surface area (Å²) < 4.78 is 29.7. The van der Waals surface area contributed by atoms with Crippen molar-refractivity contribution in [3.05, 3.63) is 32.9 Å². The van der Waals surface area contributed by atoms with Gasteiger partial charge in [-0.25, -0.2) is 13.1 Å². The van der Waals surface area contributed by atoms with E-state index in [1.807, 2.05) is 20.9 Å². The van der Waals surface area contributed by atoms with Crippen LogP contribution in [-0.4, -0.2) is 18.2 Å². The number of thiophene rings is 1. The van der Waals surface area contributed by atoms with E-state index >= 15 is 0 Å². The van der Waals surface area contributed by atoms with E-state index in [1.54, 1.807) is 16.8 Å². The van der Waals surface area contributed by atoms with Crippen LogP contribution in [0.4, 0.5) is 0 Å². The number of aryl methyl sites for hydroxylation is 2. The van der Waals surface area contributed by atoms with Crippen LogP contribution >= 0.6 is 27.3 Å². The number of hydrogen-bond donors (Lipinski definition) is 1. The van der Waals surface area contributed by atoms with E-state index < -0.39 is 10.0 Å². The van der Waals surface area contributed by atoms with Gasteiger partial charge in [0.15, 0.2) is 0 Å². The normalized spacial score (nSPS) is 12.0. The van der Waals surface area contributed by atoms with Crippen LogP contribution in [0.2, 0.25) is 0 Å². The molecule has 0 aliphatic rings. The van der Waals surface area contributed by atoms with Gasteiger partial charge >= 0.3 is 0 Å². The molecule has 0 fully saturated rings. The van der Waals surface area contributed by atoms with Crippen molar-refractivity contribution in [1.82, 2.24) is 14.5 Å². The summed E-state index contributed by atoms with van der Waals surface area (Å²) in [5.74, 6) is 0. The topological polar surface area (TPSA) is 64.0 Å². The van der Waals surface area contributed by atoms with Gasteiger partial charge in [0.05, 0.1) is 9.48 Å². The molecule has 0 radical (unpaired) electrons. The number of sulfonamides is 1. The first-order valence-electron chi connectivity index (χ1n) is 5.55. The number of halogens is 1. The maximum absolute atomic E-state index is 12.1. The Labute approximate surface area is 124 Å². The Hall–Kier alpha value is -0.700. The minimum Gasteiger partial charge on any atom is -0.272 e. The first-order valence-corrected chi connectivity index (χ1v) is 8.64. The molecule has 1 N–H and O–H groups in total. The lowest BCUT2D eigenvalue weighted by Crippen LogP contribution is -2.23. The van der Waals surface area contributed by atoms with Gasteiger partial charge in [-0.3, -0.25) is 4.68 Å². The number of aromatic nitrogens is 2. The van der Waals surface area contributed by atoms with E-state index in [0.717, 1.165) is 20.7 Å². The largest absolute Gasteiger partial charge is 0.272 e. The van der Waals surface area contributed by atoms with Crippen LogP contribution in [0.5, 0.6) is 0 Å². The first kappa shape index (κ1) is 14.7. The minimum absolute atomic E-state index is 0.253. The molecular formula is C11H14BrN3O2S2. The zero-order valence-electron chi connectivity index (χ0n) is 10.8. The van der Waals surface area contributed by atoms with Gasteiger partial charge in [-0.15, -0.1) is 11.3 Å². The highest BCUT2D eigenvalue weighted by molar-refractivity contribution is 9.11. The van der Waals surface area contributed by atoms with Crippen LogP contribution in [0.1, 0.15) is 17.0 Å². The summed E-state index contributed by atoms with van der Waals surface area (Å²) in [4.78, 5) is 0. The van der Waals surface area contributed by atoms with Crippen molar-refractivity contribution in [2.75, 3.05) is 0 Å². The van der Waals surface area contributed by atoms with Crippen molar-refractivity contribution in [2.24, 2.45) is 7.05 Å². The monoisotopic (exact) mass is 363 g/mol. The van der Waals surface area contributed by atoms with Gasteiger partial charge in [0, 0.05) is 24.8 Å². The van der Waals surface area contributed by atoms with E-state index in [4.69, 9.17) is 0 Å². The molecule has 0 aliphatic carbocycles. The van der Waals surface area contributed by atoms with E-state index in [2.05, 4.69) is 25.8 Å². The van der Waals surface area contributed by atoms with E-state index in [-0.39, 0.29) is 6.54 Å². The van der Waals surface area contributed by atoms with Crippen LogP contribution in [-0.2, 0) is 23.6 Å². The summed E-state index contributed by atoms with van der Waals surface area (Å²) >= 11 is 4.45. The lowest BCUT2D eigenvalue weighted by Gasteiger charge is -2.05. The zero-order valence-corrected chi connectivity index (χ0v) is 14.0. The highest BCUT2D eigenvalue weighted by atomic mass is 79.9. The summed E-state index contributed by atoms with van der Waals surface area (Å²) in [6.45, 7) is 4.05. The molecule has 2 aromatic heterocycles. The first-order chi connectivity index (χ1) is 8.81. The van der Waals surface area contributed by atoms with Gasteiger partial charge in [0.25, 0.3) is 0 Å². The van der Waals surface area contributed by atoms with Gasteiger partial charge in [-0.05, 0) is 41.9 Å². The molecule has 5 nitrogen and oxygen atoms in total. The van der Waals surface area contributed by atoms with Crippen LogP contribution < -0.4 is 4.72 Å². The minimum atomic E-state index is -3.46. The quantitative estimate of drug-likeness (QED) is 0.906. The molecule has 0 spiro atoms. The van der Waals surface area contributed by atoms with Crippen LogP contribution in [0.15, 0.2) is 20.1 Å². The molecule has 2 heterocycles. The number of nitrogens with one attached hydrogen (secondary N) is 1. The third-order valence-electron chi connectivity index (χ3n) is 2.91. The maximum atomic E-state index is 12.1. The maximum Gasteiger partial charge on any atom is 0.250 e. The molecule has 2 aromatic rings. The second-order valence-electron chi connectivity index (χ2n) is 4.16. The second kappa shape index (κ2) is 5.35. The van der Waals surface area contributed by atoms with Gasteiger partial charge in [-0.1, -0.05) is 0 Å². The van der Waals surface area contributed by atoms with E-state index in [0.29, 0.717) is 4.21 Å². The van der Waals surface area contributed by atoms with E-state index in [1.165, 1.54) is 11.3 Å². The Morgan fingerprint density at radius 2 is 2.11 bits per heavy atom. The van der Waals surface area contributed by atoms with Crippen molar-refractivity contribution in [1.29, 1.82) is 0 Å². The van der Waals surface area contributed by atoms with Crippen molar-refractivity contribution < 1.29 is 8.42 Å². The SMILES string of the molecule is Cc1nn(C)c(C)c1CNS(=O)(=O)c1ccc(Br)s1. The molecule has 0 aliphatic heterocycles. The number of rotatable bonds is 4. The number of nitrogens with zero attached hydrogens (tertiary/aromatic N) is 2. The molecule has 19 heavy (non-hydrogen) atoms. The predicted octanol–water partition coefficient (Wildman–Crippen LogP) is 2.34. The van der Waals surface area contributed by atoms with E-state index in [9.17, 15) is 8.42 Å². The van der Waals surface area contributed by atoms with Gasteiger partial charge in [-0.2, -0.15) is 5.10 Å². The molecule has 104 valence electrons. The van der Waals surface area contributed by atoms with Crippen LogP contribution in [0.25, 0.3) is 0 Å². The molecule has 0 saturated heterocycles. The molecular weight excluding hydrogens is 350 g/mol.